The first-order valence-electron chi connectivity index (χ1n) is 6.18. The minimum Gasteiger partial charge on any atom is -0.469 e. The van der Waals surface area contributed by atoms with Gasteiger partial charge in [0, 0.05) is 0 Å². The zero-order valence-corrected chi connectivity index (χ0v) is 13.4. The Balaban J connectivity index is 4.83. The molecule has 0 fully saturated rings. The second-order valence-electron chi connectivity index (χ2n) is 5.82. The first-order chi connectivity index (χ1) is 8.14. The van der Waals surface area contributed by atoms with Crippen molar-refractivity contribution in [3.8, 4) is 0 Å². The first-order valence-corrected chi connectivity index (χ1v) is 9.08. The fourth-order valence-electron chi connectivity index (χ4n) is 1.15. The average Bonchev–Trinajstić information content (AvgIpc) is 2.23. The van der Waals surface area contributed by atoms with Crippen LogP contribution in [0.5, 0.6) is 0 Å². The summed E-state index contributed by atoms with van der Waals surface area (Å²) in [5, 5.41) is 0.114. The van der Waals surface area contributed by atoms with Gasteiger partial charge in [-0.25, -0.2) is 0 Å². The van der Waals surface area contributed by atoms with Crippen LogP contribution in [0, 0.1) is 0 Å². The number of carbonyl (C=O) groups is 1. The molecule has 0 aliphatic carbocycles. The molecule has 3 nitrogen and oxygen atoms in total. The normalized spacial score (nSPS) is 14.6. The number of allylic oxidation sites excluding steroid dienone is 2. The molecular formula is C14H26O3Si. The number of ether oxygens (including phenoxy) is 1. The van der Waals surface area contributed by atoms with E-state index in [2.05, 4.69) is 40.4 Å². The van der Waals surface area contributed by atoms with Crippen LogP contribution in [-0.2, 0) is 14.0 Å². The van der Waals surface area contributed by atoms with E-state index in [1.165, 1.54) is 7.11 Å². The lowest BCUT2D eigenvalue weighted by molar-refractivity contribution is -0.142. The zero-order chi connectivity index (χ0) is 14.4. The van der Waals surface area contributed by atoms with Crippen molar-refractivity contribution in [3.05, 3.63) is 24.8 Å². The number of carbonyl (C=O) groups excluding carboxylic acids is 1. The third-order valence-electron chi connectivity index (χ3n) is 3.31. The van der Waals surface area contributed by atoms with Crippen molar-refractivity contribution in [3.63, 3.8) is 0 Å². The summed E-state index contributed by atoms with van der Waals surface area (Å²) in [6, 6.07) is 0. The molecule has 0 aliphatic heterocycles. The van der Waals surface area contributed by atoms with Gasteiger partial charge >= 0.3 is 5.97 Å². The molecule has 0 rings (SSSR count). The van der Waals surface area contributed by atoms with Gasteiger partial charge in [0.25, 0.3) is 0 Å². The van der Waals surface area contributed by atoms with Gasteiger partial charge in [0.05, 0.1) is 19.6 Å². The molecule has 0 N–H and O–H groups in total. The van der Waals surface area contributed by atoms with Gasteiger partial charge in [0.15, 0.2) is 8.32 Å². The second-order valence-corrected chi connectivity index (χ2v) is 10.6. The molecule has 1 atom stereocenters. The van der Waals surface area contributed by atoms with E-state index in [0.717, 1.165) is 0 Å². The molecule has 0 saturated carbocycles. The van der Waals surface area contributed by atoms with Gasteiger partial charge in [-0.1, -0.05) is 45.6 Å². The Bertz CT molecular complexity index is 313. The predicted molar refractivity (Wildman–Crippen MR) is 78.0 cm³/mol. The van der Waals surface area contributed by atoms with Gasteiger partial charge in [-0.2, -0.15) is 0 Å². The number of rotatable bonds is 6. The third-order valence-corrected chi connectivity index (χ3v) is 7.81. The van der Waals surface area contributed by atoms with Crippen molar-refractivity contribution >= 4 is 14.3 Å². The van der Waals surface area contributed by atoms with E-state index >= 15 is 0 Å². The summed E-state index contributed by atoms with van der Waals surface area (Å²) in [7, 11) is -0.499. The topological polar surface area (TPSA) is 35.5 Å². The Morgan fingerprint density at radius 3 is 2.33 bits per heavy atom. The van der Waals surface area contributed by atoms with Crippen molar-refractivity contribution in [2.24, 2.45) is 0 Å². The molecule has 0 aromatic heterocycles. The van der Waals surface area contributed by atoms with Crippen molar-refractivity contribution in [2.45, 2.75) is 51.4 Å². The Hall–Kier alpha value is -0.873. The highest BCUT2D eigenvalue weighted by atomic mass is 28.4. The van der Waals surface area contributed by atoms with E-state index in [4.69, 9.17) is 9.16 Å². The Morgan fingerprint density at radius 1 is 1.39 bits per heavy atom. The molecule has 0 heterocycles. The highest BCUT2D eigenvalue weighted by molar-refractivity contribution is 6.74. The SMILES string of the molecule is C=C/C=C/[C@H](CC(=O)OC)O[Si](C)(C)C(C)(C)C. The molecule has 0 bridgehead atoms. The standard InChI is InChI=1S/C14H26O3Si/c1-8-9-10-12(11-13(15)16-5)17-18(6,7)14(2,3)4/h8-10,12H,1,11H2,2-7H3/b10-9+/t12-/m1/s1. The number of hydrogen-bond acceptors (Lipinski definition) is 3. The van der Waals surface area contributed by atoms with Crippen LogP contribution in [0.3, 0.4) is 0 Å². The Morgan fingerprint density at radius 2 is 1.94 bits per heavy atom. The van der Waals surface area contributed by atoms with Crippen LogP contribution in [0.4, 0.5) is 0 Å². The highest BCUT2D eigenvalue weighted by Gasteiger charge is 2.39. The quantitative estimate of drug-likeness (QED) is 0.419. The minimum atomic E-state index is -1.89. The van der Waals surface area contributed by atoms with E-state index < -0.39 is 8.32 Å². The van der Waals surface area contributed by atoms with Crippen LogP contribution in [0.1, 0.15) is 27.2 Å². The second kappa shape index (κ2) is 6.90. The number of hydrogen-bond donors (Lipinski definition) is 0. The molecule has 0 saturated heterocycles. The summed E-state index contributed by atoms with van der Waals surface area (Å²) in [5.74, 6) is -0.257. The molecule has 0 amide bonds. The maximum Gasteiger partial charge on any atom is 0.308 e. The van der Waals surface area contributed by atoms with E-state index in [1.807, 2.05) is 6.08 Å². The summed E-state index contributed by atoms with van der Waals surface area (Å²) in [6.07, 6.45) is 5.36. The van der Waals surface area contributed by atoms with Crippen LogP contribution in [-0.4, -0.2) is 27.5 Å². The smallest absolute Gasteiger partial charge is 0.308 e. The summed E-state index contributed by atoms with van der Waals surface area (Å²) < 4.78 is 10.9. The van der Waals surface area contributed by atoms with Gasteiger partial charge < -0.3 is 9.16 Å². The third kappa shape index (κ3) is 5.64. The van der Waals surface area contributed by atoms with E-state index in [0.29, 0.717) is 0 Å². The molecule has 0 radical (unpaired) electrons. The summed E-state index contributed by atoms with van der Waals surface area (Å²) >= 11 is 0. The molecule has 104 valence electrons. The Labute approximate surface area is 112 Å². The summed E-state index contributed by atoms with van der Waals surface area (Å²) in [6.45, 7) is 14.5. The molecule has 0 aromatic carbocycles. The molecule has 4 heteroatoms. The molecule has 0 aliphatic rings. The summed E-state index contributed by atoms with van der Waals surface area (Å²) in [5.41, 5.74) is 0. The van der Waals surface area contributed by atoms with Gasteiger partial charge in [0.2, 0.25) is 0 Å². The maximum absolute atomic E-state index is 11.4. The average molecular weight is 270 g/mol. The van der Waals surface area contributed by atoms with Crippen LogP contribution < -0.4 is 0 Å². The highest BCUT2D eigenvalue weighted by Crippen LogP contribution is 2.37. The Kier molecular flexibility index (Phi) is 6.56. The lowest BCUT2D eigenvalue weighted by atomic mass is 10.2. The van der Waals surface area contributed by atoms with Crippen molar-refractivity contribution in [1.29, 1.82) is 0 Å². The van der Waals surface area contributed by atoms with Gasteiger partial charge in [0.1, 0.15) is 0 Å². The molecular weight excluding hydrogens is 244 g/mol. The summed E-state index contributed by atoms with van der Waals surface area (Å²) in [4.78, 5) is 11.4. The molecule has 0 spiro atoms. The monoisotopic (exact) mass is 270 g/mol. The number of methoxy groups -OCH3 is 1. The lowest BCUT2D eigenvalue weighted by Crippen LogP contribution is -2.44. The zero-order valence-electron chi connectivity index (χ0n) is 12.4. The van der Waals surface area contributed by atoms with Crippen LogP contribution in [0.2, 0.25) is 18.1 Å². The van der Waals surface area contributed by atoms with Crippen molar-refractivity contribution in [2.75, 3.05) is 7.11 Å². The van der Waals surface area contributed by atoms with Crippen molar-refractivity contribution < 1.29 is 14.0 Å². The lowest BCUT2D eigenvalue weighted by Gasteiger charge is -2.38. The molecule has 18 heavy (non-hydrogen) atoms. The van der Waals surface area contributed by atoms with E-state index in [1.54, 1.807) is 12.2 Å². The fraction of sp³-hybridized carbons (Fsp3) is 0.643. The maximum atomic E-state index is 11.4. The van der Waals surface area contributed by atoms with Crippen LogP contribution in [0.15, 0.2) is 24.8 Å². The van der Waals surface area contributed by atoms with Gasteiger partial charge in [-0.05, 0) is 18.1 Å². The van der Waals surface area contributed by atoms with Gasteiger partial charge in [-0.15, -0.1) is 0 Å². The van der Waals surface area contributed by atoms with E-state index in [9.17, 15) is 4.79 Å². The number of esters is 1. The van der Waals surface area contributed by atoms with E-state index in [-0.39, 0.29) is 23.5 Å². The van der Waals surface area contributed by atoms with Gasteiger partial charge in [-0.3, -0.25) is 4.79 Å². The largest absolute Gasteiger partial charge is 0.469 e. The first kappa shape index (κ1) is 17.1. The van der Waals surface area contributed by atoms with Crippen LogP contribution in [0.25, 0.3) is 0 Å². The minimum absolute atomic E-state index is 0.114. The fourth-order valence-corrected chi connectivity index (χ4v) is 2.43. The van der Waals surface area contributed by atoms with Crippen LogP contribution >= 0.6 is 0 Å². The predicted octanol–water partition coefficient (Wildman–Crippen LogP) is 3.68. The molecule has 0 aromatic rings. The van der Waals surface area contributed by atoms with Crippen molar-refractivity contribution in [1.82, 2.24) is 0 Å². The molecule has 0 unspecified atom stereocenters.